The molecule has 0 aliphatic carbocycles. The molecule has 1 aromatic rings. The number of benzene rings is 1. The van der Waals surface area contributed by atoms with Crippen LogP contribution < -0.4 is 15.4 Å². The van der Waals surface area contributed by atoms with E-state index in [1.807, 2.05) is 0 Å². The van der Waals surface area contributed by atoms with E-state index in [0.29, 0.717) is 0 Å². The highest BCUT2D eigenvalue weighted by Crippen LogP contribution is 2.18. The molecule has 1 heterocycles. The molecule has 0 atom stereocenters. The fourth-order valence-corrected chi connectivity index (χ4v) is 2.56. The number of hydrogen-bond donors (Lipinski definition) is 2. The highest BCUT2D eigenvalue weighted by atomic mass is 16.5. The molecule has 1 fully saturated rings. The summed E-state index contributed by atoms with van der Waals surface area (Å²) in [6, 6.07) is 6.40. The van der Waals surface area contributed by atoms with Crippen molar-refractivity contribution in [3.63, 3.8) is 0 Å². The van der Waals surface area contributed by atoms with Crippen LogP contribution in [-0.4, -0.2) is 26.7 Å². The molecule has 3 nitrogen and oxygen atoms in total. The molecular weight excluding hydrogens is 224 g/mol. The molecule has 0 aromatic heterocycles. The van der Waals surface area contributed by atoms with E-state index in [4.69, 9.17) is 4.74 Å². The summed E-state index contributed by atoms with van der Waals surface area (Å²) in [6.45, 7) is 6.53. The smallest absolute Gasteiger partial charge is 0.121 e. The van der Waals surface area contributed by atoms with Gasteiger partial charge in [-0.05, 0) is 62.5 Å². The van der Waals surface area contributed by atoms with E-state index in [1.165, 1.54) is 37.1 Å². The second-order valence-corrected chi connectivity index (χ2v) is 5.13. The minimum absolute atomic E-state index is 0.839. The van der Waals surface area contributed by atoms with Crippen molar-refractivity contribution in [3.8, 4) is 5.75 Å². The van der Waals surface area contributed by atoms with Crippen molar-refractivity contribution in [1.82, 2.24) is 10.6 Å². The lowest BCUT2D eigenvalue weighted by Crippen LogP contribution is -2.33. The van der Waals surface area contributed by atoms with Crippen LogP contribution in [0.25, 0.3) is 0 Å². The van der Waals surface area contributed by atoms with E-state index in [-0.39, 0.29) is 0 Å². The molecule has 1 aromatic carbocycles. The molecule has 0 radical (unpaired) electrons. The first-order valence-electron chi connectivity index (χ1n) is 6.84. The Morgan fingerprint density at radius 2 is 2.11 bits per heavy atom. The van der Waals surface area contributed by atoms with E-state index in [1.54, 1.807) is 7.11 Å². The molecule has 18 heavy (non-hydrogen) atoms. The standard InChI is InChI=1S/C15H24N2O/c1-12-9-14(3-4-15(12)18-2)11-17-10-13-5-7-16-8-6-13/h3-4,9,13,16-17H,5-8,10-11H2,1-2H3. The van der Waals surface area contributed by atoms with Gasteiger partial charge < -0.3 is 15.4 Å². The number of aryl methyl sites for hydroxylation is 1. The summed E-state index contributed by atoms with van der Waals surface area (Å²) in [5, 5.41) is 6.97. The zero-order chi connectivity index (χ0) is 12.8. The van der Waals surface area contributed by atoms with Gasteiger partial charge in [0.1, 0.15) is 5.75 Å². The normalized spacial score (nSPS) is 16.8. The second kappa shape index (κ2) is 6.76. The maximum absolute atomic E-state index is 5.27. The van der Waals surface area contributed by atoms with Gasteiger partial charge in [-0.15, -0.1) is 0 Å². The van der Waals surface area contributed by atoms with Gasteiger partial charge in [-0.25, -0.2) is 0 Å². The van der Waals surface area contributed by atoms with Gasteiger partial charge in [0.2, 0.25) is 0 Å². The summed E-state index contributed by atoms with van der Waals surface area (Å²) in [5.74, 6) is 1.81. The minimum atomic E-state index is 0.839. The third-order valence-electron chi connectivity index (χ3n) is 3.68. The molecule has 2 N–H and O–H groups in total. The van der Waals surface area contributed by atoms with Gasteiger partial charge in [-0.3, -0.25) is 0 Å². The van der Waals surface area contributed by atoms with Crippen molar-refractivity contribution in [3.05, 3.63) is 29.3 Å². The van der Waals surface area contributed by atoms with Crippen LogP contribution in [0.4, 0.5) is 0 Å². The van der Waals surface area contributed by atoms with Crippen molar-refractivity contribution < 1.29 is 4.74 Å². The van der Waals surface area contributed by atoms with Gasteiger partial charge in [0.05, 0.1) is 7.11 Å². The summed E-state index contributed by atoms with van der Waals surface area (Å²) in [5.41, 5.74) is 2.54. The highest BCUT2D eigenvalue weighted by Gasteiger charge is 2.11. The molecule has 2 rings (SSSR count). The number of nitrogens with one attached hydrogen (secondary N) is 2. The zero-order valence-electron chi connectivity index (χ0n) is 11.5. The van der Waals surface area contributed by atoms with Crippen molar-refractivity contribution in [2.75, 3.05) is 26.7 Å². The predicted octanol–water partition coefficient (Wildman–Crippen LogP) is 2.09. The lowest BCUT2D eigenvalue weighted by molar-refractivity contribution is 0.356. The number of ether oxygens (including phenoxy) is 1. The molecule has 0 bridgehead atoms. The molecule has 0 amide bonds. The van der Waals surface area contributed by atoms with Crippen molar-refractivity contribution in [1.29, 1.82) is 0 Å². The van der Waals surface area contributed by atoms with Crippen LogP contribution in [0.3, 0.4) is 0 Å². The molecule has 0 unspecified atom stereocenters. The Hall–Kier alpha value is -1.06. The van der Waals surface area contributed by atoms with Gasteiger partial charge in [0, 0.05) is 6.54 Å². The first-order valence-corrected chi connectivity index (χ1v) is 6.84. The van der Waals surface area contributed by atoms with E-state index < -0.39 is 0 Å². The first-order chi connectivity index (χ1) is 8.79. The third-order valence-corrected chi connectivity index (χ3v) is 3.68. The molecule has 100 valence electrons. The zero-order valence-corrected chi connectivity index (χ0v) is 11.5. The SMILES string of the molecule is COc1ccc(CNCC2CCNCC2)cc1C. The van der Waals surface area contributed by atoms with Crippen LogP contribution >= 0.6 is 0 Å². The van der Waals surface area contributed by atoms with Gasteiger partial charge >= 0.3 is 0 Å². The van der Waals surface area contributed by atoms with E-state index >= 15 is 0 Å². The molecule has 0 saturated carbocycles. The fourth-order valence-electron chi connectivity index (χ4n) is 2.56. The lowest BCUT2D eigenvalue weighted by Gasteiger charge is -2.22. The van der Waals surface area contributed by atoms with Gasteiger partial charge in [0.25, 0.3) is 0 Å². The monoisotopic (exact) mass is 248 g/mol. The topological polar surface area (TPSA) is 33.3 Å². The molecule has 3 heteroatoms. The van der Waals surface area contributed by atoms with E-state index in [2.05, 4.69) is 35.8 Å². The summed E-state index contributed by atoms with van der Waals surface area (Å²) in [4.78, 5) is 0. The number of hydrogen-bond acceptors (Lipinski definition) is 3. The molecular formula is C15H24N2O. The lowest BCUT2D eigenvalue weighted by atomic mass is 9.98. The Morgan fingerprint density at radius 1 is 1.33 bits per heavy atom. The predicted molar refractivity (Wildman–Crippen MR) is 75.0 cm³/mol. The highest BCUT2D eigenvalue weighted by molar-refractivity contribution is 5.36. The number of methoxy groups -OCH3 is 1. The average molecular weight is 248 g/mol. The third kappa shape index (κ3) is 3.72. The molecule has 0 spiro atoms. The fraction of sp³-hybridized carbons (Fsp3) is 0.600. The van der Waals surface area contributed by atoms with E-state index in [0.717, 1.165) is 24.8 Å². The summed E-state index contributed by atoms with van der Waals surface area (Å²) in [6.07, 6.45) is 2.60. The Morgan fingerprint density at radius 3 is 2.78 bits per heavy atom. The van der Waals surface area contributed by atoms with Crippen LogP contribution in [0, 0.1) is 12.8 Å². The van der Waals surface area contributed by atoms with Gasteiger partial charge in [0.15, 0.2) is 0 Å². The Balaban J connectivity index is 1.77. The van der Waals surface area contributed by atoms with Crippen LogP contribution in [0.1, 0.15) is 24.0 Å². The number of rotatable bonds is 5. The molecule has 1 saturated heterocycles. The van der Waals surface area contributed by atoms with E-state index in [9.17, 15) is 0 Å². The van der Waals surface area contributed by atoms with Crippen LogP contribution in [0.15, 0.2) is 18.2 Å². The first kappa shape index (κ1) is 13.4. The second-order valence-electron chi connectivity index (χ2n) is 5.13. The quantitative estimate of drug-likeness (QED) is 0.837. The number of piperidine rings is 1. The Kier molecular flexibility index (Phi) is 5.02. The largest absolute Gasteiger partial charge is 0.496 e. The average Bonchev–Trinajstić information content (AvgIpc) is 2.40. The minimum Gasteiger partial charge on any atom is -0.496 e. The van der Waals surface area contributed by atoms with Crippen molar-refractivity contribution in [2.45, 2.75) is 26.3 Å². The maximum atomic E-state index is 5.27. The van der Waals surface area contributed by atoms with Gasteiger partial charge in [-0.2, -0.15) is 0 Å². The molecule has 1 aliphatic heterocycles. The van der Waals surface area contributed by atoms with Crippen molar-refractivity contribution in [2.24, 2.45) is 5.92 Å². The van der Waals surface area contributed by atoms with Crippen LogP contribution in [0.5, 0.6) is 5.75 Å². The summed E-state index contributed by atoms with van der Waals surface area (Å²) < 4.78 is 5.27. The molecule has 1 aliphatic rings. The van der Waals surface area contributed by atoms with Gasteiger partial charge in [-0.1, -0.05) is 12.1 Å². The summed E-state index contributed by atoms with van der Waals surface area (Å²) in [7, 11) is 1.72. The van der Waals surface area contributed by atoms with Crippen molar-refractivity contribution >= 4 is 0 Å². The Bertz CT molecular complexity index is 373. The van der Waals surface area contributed by atoms with Crippen LogP contribution in [-0.2, 0) is 6.54 Å². The van der Waals surface area contributed by atoms with Crippen LogP contribution in [0.2, 0.25) is 0 Å². The summed E-state index contributed by atoms with van der Waals surface area (Å²) >= 11 is 0. The maximum Gasteiger partial charge on any atom is 0.121 e. The Labute approximate surface area is 110 Å².